The Hall–Kier alpha value is -1.06. The van der Waals surface area contributed by atoms with E-state index >= 15 is 0 Å². The van der Waals surface area contributed by atoms with Gasteiger partial charge >= 0.3 is 0 Å². The van der Waals surface area contributed by atoms with Gasteiger partial charge in [-0.2, -0.15) is 0 Å². The summed E-state index contributed by atoms with van der Waals surface area (Å²) in [6, 6.07) is 6.55. The van der Waals surface area contributed by atoms with Gasteiger partial charge < -0.3 is 15.2 Å². The molecule has 1 aromatic rings. The Morgan fingerprint density at radius 2 is 2.05 bits per heavy atom. The molecule has 20 heavy (non-hydrogen) atoms. The zero-order chi connectivity index (χ0) is 14.8. The lowest BCUT2D eigenvalue weighted by atomic mass is 9.94. The van der Waals surface area contributed by atoms with E-state index in [1.807, 2.05) is 6.07 Å². The van der Waals surface area contributed by atoms with Gasteiger partial charge in [0.1, 0.15) is 12.4 Å². The van der Waals surface area contributed by atoms with E-state index < -0.39 is 0 Å². The lowest BCUT2D eigenvalue weighted by Gasteiger charge is -2.35. The van der Waals surface area contributed by atoms with Crippen LogP contribution in [0, 0.1) is 19.8 Å². The highest BCUT2D eigenvalue weighted by molar-refractivity contribution is 5.35. The first-order valence-corrected chi connectivity index (χ1v) is 7.55. The van der Waals surface area contributed by atoms with Crippen molar-refractivity contribution in [3.05, 3.63) is 29.3 Å². The lowest BCUT2D eigenvalue weighted by Crippen LogP contribution is -2.57. The summed E-state index contributed by atoms with van der Waals surface area (Å²) in [5.41, 5.74) is 2.09. The molecule has 0 bridgehead atoms. The molecule has 2 rings (SSSR count). The van der Waals surface area contributed by atoms with Gasteiger partial charge in [0.15, 0.2) is 0 Å². The Labute approximate surface area is 122 Å². The predicted molar refractivity (Wildman–Crippen MR) is 82.2 cm³/mol. The second-order valence-electron chi connectivity index (χ2n) is 6.45. The molecule has 2 N–H and O–H groups in total. The van der Waals surface area contributed by atoms with Crippen molar-refractivity contribution in [2.24, 2.45) is 5.92 Å². The molecule has 1 unspecified atom stereocenters. The van der Waals surface area contributed by atoms with Crippen LogP contribution in [0.3, 0.4) is 0 Å². The topological polar surface area (TPSA) is 41.5 Å². The van der Waals surface area contributed by atoms with Crippen molar-refractivity contribution < 1.29 is 9.84 Å². The molecule has 1 atom stereocenters. The van der Waals surface area contributed by atoms with Crippen LogP contribution in [0.1, 0.15) is 37.8 Å². The molecular formula is C17H27NO2. The Morgan fingerprint density at radius 1 is 1.35 bits per heavy atom. The number of rotatable bonds is 7. The second kappa shape index (κ2) is 6.15. The Kier molecular flexibility index (Phi) is 4.71. The SMILES string of the molecule is Cc1ccc(OCC(CO)(NC(C)C)C2CC2)c(C)c1. The maximum absolute atomic E-state index is 9.88. The molecular weight excluding hydrogens is 250 g/mol. The monoisotopic (exact) mass is 277 g/mol. The first-order chi connectivity index (χ1) is 9.47. The smallest absolute Gasteiger partial charge is 0.122 e. The first kappa shape index (κ1) is 15.3. The Bertz CT molecular complexity index is 454. The summed E-state index contributed by atoms with van der Waals surface area (Å²) in [7, 11) is 0. The quantitative estimate of drug-likeness (QED) is 0.805. The fourth-order valence-electron chi connectivity index (χ4n) is 2.88. The Balaban J connectivity index is 2.08. The molecule has 0 aromatic heterocycles. The highest BCUT2D eigenvalue weighted by Gasteiger charge is 2.45. The number of hydrogen-bond acceptors (Lipinski definition) is 3. The van der Waals surface area contributed by atoms with Gasteiger partial charge in [0.05, 0.1) is 12.1 Å². The van der Waals surface area contributed by atoms with E-state index in [9.17, 15) is 5.11 Å². The van der Waals surface area contributed by atoms with Crippen LogP contribution < -0.4 is 10.1 Å². The molecule has 3 heteroatoms. The molecule has 112 valence electrons. The third-order valence-electron chi connectivity index (χ3n) is 4.03. The summed E-state index contributed by atoms with van der Waals surface area (Å²) in [6.07, 6.45) is 2.35. The van der Waals surface area contributed by atoms with Crippen LogP contribution in [0.4, 0.5) is 0 Å². The van der Waals surface area contributed by atoms with E-state index in [-0.39, 0.29) is 12.1 Å². The third kappa shape index (κ3) is 3.53. The van der Waals surface area contributed by atoms with Gasteiger partial charge in [-0.3, -0.25) is 0 Å². The lowest BCUT2D eigenvalue weighted by molar-refractivity contribution is 0.0775. The van der Waals surface area contributed by atoms with Crippen molar-refractivity contribution in [2.75, 3.05) is 13.2 Å². The van der Waals surface area contributed by atoms with Crippen molar-refractivity contribution in [3.8, 4) is 5.75 Å². The summed E-state index contributed by atoms with van der Waals surface area (Å²) in [4.78, 5) is 0. The van der Waals surface area contributed by atoms with Gasteiger partial charge in [0.2, 0.25) is 0 Å². The largest absolute Gasteiger partial charge is 0.491 e. The maximum Gasteiger partial charge on any atom is 0.122 e. The van der Waals surface area contributed by atoms with Gasteiger partial charge in [-0.15, -0.1) is 0 Å². The molecule has 0 spiro atoms. The van der Waals surface area contributed by atoms with Crippen LogP contribution in [0.5, 0.6) is 5.75 Å². The van der Waals surface area contributed by atoms with Crippen molar-refractivity contribution in [3.63, 3.8) is 0 Å². The number of benzene rings is 1. The highest BCUT2D eigenvalue weighted by atomic mass is 16.5. The Morgan fingerprint density at radius 3 is 2.55 bits per heavy atom. The molecule has 1 saturated carbocycles. The number of ether oxygens (including phenoxy) is 1. The standard InChI is InChI=1S/C17H27NO2/c1-12(2)18-17(10-19,15-6-7-15)11-20-16-8-5-13(3)9-14(16)4/h5,8-9,12,15,18-19H,6-7,10-11H2,1-4H3. The van der Waals surface area contributed by atoms with E-state index in [0.29, 0.717) is 18.6 Å². The van der Waals surface area contributed by atoms with Crippen molar-refractivity contribution in [1.82, 2.24) is 5.32 Å². The maximum atomic E-state index is 9.88. The zero-order valence-electron chi connectivity index (χ0n) is 13.1. The fourth-order valence-corrected chi connectivity index (χ4v) is 2.88. The van der Waals surface area contributed by atoms with E-state index in [2.05, 4.69) is 45.1 Å². The van der Waals surface area contributed by atoms with E-state index in [0.717, 1.165) is 11.3 Å². The van der Waals surface area contributed by atoms with E-state index in [1.54, 1.807) is 0 Å². The number of nitrogens with one attached hydrogen (secondary N) is 1. The van der Waals surface area contributed by atoms with Crippen molar-refractivity contribution in [2.45, 2.75) is 52.1 Å². The summed E-state index contributed by atoms with van der Waals surface area (Å²) in [5.74, 6) is 1.44. The summed E-state index contributed by atoms with van der Waals surface area (Å²) in [5, 5.41) is 13.4. The van der Waals surface area contributed by atoms with Crippen LogP contribution in [0.15, 0.2) is 18.2 Å². The van der Waals surface area contributed by atoms with Crippen LogP contribution in [-0.2, 0) is 0 Å². The van der Waals surface area contributed by atoms with Crippen molar-refractivity contribution >= 4 is 0 Å². The van der Waals surface area contributed by atoms with Crippen molar-refractivity contribution in [1.29, 1.82) is 0 Å². The van der Waals surface area contributed by atoms with Crippen LogP contribution in [-0.4, -0.2) is 29.9 Å². The van der Waals surface area contributed by atoms with Gasteiger partial charge in [-0.05, 0) is 44.2 Å². The summed E-state index contributed by atoms with van der Waals surface area (Å²) >= 11 is 0. The number of aryl methyl sites for hydroxylation is 2. The fraction of sp³-hybridized carbons (Fsp3) is 0.647. The average Bonchev–Trinajstić information content (AvgIpc) is 3.20. The third-order valence-corrected chi connectivity index (χ3v) is 4.03. The molecule has 1 aliphatic rings. The molecule has 0 aliphatic heterocycles. The molecule has 0 saturated heterocycles. The van der Waals surface area contributed by atoms with Gasteiger partial charge in [0.25, 0.3) is 0 Å². The van der Waals surface area contributed by atoms with E-state index in [4.69, 9.17) is 4.74 Å². The summed E-state index contributed by atoms with van der Waals surface area (Å²) < 4.78 is 6.03. The second-order valence-corrected chi connectivity index (χ2v) is 6.45. The van der Waals surface area contributed by atoms with Gasteiger partial charge in [0, 0.05) is 6.04 Å². The molecule has 1 aliphatic carbocycles. The molecule has 1 fully saturated rings. The summed E-state index contributed by atoms with van der Waals surface area (Å²) in [6.45, 7) is 9.03. The average molecular weight is 277 g/mol. The number of aliphatic hydroxyl groups excluding tert-OH is 1. The highest BCUT2D eigenvalue weighted by Crippen LogP contribution is 2.40. The predicted octanol–water partition coefficient (Wildman–Crippen LogP) is 2.82. The van der Waals surface area contributed by atoms with Crippen LogP contribution in [0.25, 0.3) is 0 Å². The normalized spacial score (nSPS) is 18.1. The minimum atomic E-state index is -0.300. The molecule has 0 amide bonds. The number of hydrogen-bond donors (Lipinski definition) is 2. The first-order valence-electron chi connectivity index (χ1n) is 7.55. The molecule has 1 aromatic carbocycles. The molecule has 0 radical (unpaired) electrons. The van der Waals surface area contributed by atoms with Gasteiger partial charge in [-0.1, -0.05) is 31.5 Å². The van der Waals surface area contributed by atoms with E-state index in [1.165, 1.54) is 18.4 Å². The van der Waals surface area contributed by atoms with Gasteiger partial charge in [-0.25, -0.2) is 0 Å². The minimum absolute atomic E-state index is 0.126. The zero-order valence-corrected chi connectivity index (χ0v) is 13.1. The van der Waals surface area contributed by atoms with Crippen LogP contribution >= 0.6 is 0 Å². The van der Waals surface area contributed by atoms with Crippen LogP contribution in [0.2, 0.25) is 0 Å². The minimum Gasteiger partial charge on any atom is -0.491 e. The number of aliphatic hydroxyl groups is 1. The molecule has 3 nitrogen and oxygen atoms in total. The molecule has 0 heterocycles.